The van der Waals surface area contributed by atoms with Crippen LogP contribution < -0.4 is 5.32 Å². The lowest BCUT2D eigenvalue weighted by atomic mass is 9.97. The second-order valence-electron chi connectivity index (χ2n) is 6.54. The minimum absolute atomic E-state index is 0.00541. The van der Waals surface area contributed by atoms with E-state index in [1.165, 1.54) is 16.7 Å². The first-order chi connectivity index (χ1) is 12.1. The SMILES string of the molecule is CCc1cccc(CC)c1CNc1cc(C)cn2c(CO)c(C)nc12. The van der Waals surface area contributed by atoms with Gasteiger partial charge in [-0.3, -0.25) is 4.40 Å². The van der Waals surface area contributed by atoms with E-state index in [9.17, 15) is 5.11 Å². The molecule has 0 fully saturated rings. The van der Waals surface area contributed by atoms with Crippen LogP contribution in [-0.2, 0) is 26.0 Å². The number of aliphatic hydroxyl groups excluding tert-OH is 1. The second-order valence-corrected chi connectivity index (χ2v) is 6.54. The standard InChI is InChI=1S/C21H27N3O/c1-5-16-8-7-9-17(6-2)18(16)11-22-19-10-14(3)12-24-20(13-25)15(4)23-21(19)24/h7-10,12,22,25H,5-6,11,13H2,1-4H3. The lowest BCUT2D eigenvalue weighted by Crippen LogP contribution is -2.08. The van der Waals surface area contributed by atoms with Gasteiger partial charge in [0.1, 0.15) is 0 Å². The van der Waals surface area contributed by atoms with Crippen molar-refractivity contribution in [1.82, 2.24) is 9.38 Å². The molecule has 4 heteroatoms. The van der Waals surface area contributed by atoms with Crippen LogP contribution in [0.3, 0.4) is 0 Å². The Morgan fingerprint density at radius 3 is 2.40 bits per heavy atom. The Balaban J connectivity index is 2.00. The van der Waals surface area contributed by atoms with Crippen molar-refractivity contribution in [3.8, 4) is 0 Å². The van der Waals surface area contributed by atoms with Crippen molar-refractivity contribution in [2.45, 2.75) is 53.7 Å². The van der Waals surface area contributed by atoms with Crippen molar-refractivity contribution in [2.75, 3.05) is 5.32 Å². The molecule has 0 aliphatic heterocycles. The largest absolute Gasteiger partial charge is 0.390 e. The number of aliphatic hydroxyl groups is 1. The minimum atomic E-state index is -0.00541. The summed E-state index contributed by atoms with van der Waals surface area (Å²) in [5, 5.41) is 13.2. The van der Waals surface area contributed by atoms with Gasteiger partial charge in [-0.25, -0.2) is 4.98 Å². The fourth-order valence-corrected chi connectivity index (χ4v) is 3.52. The third-order valence-electron chi connectivity index (χ3n) is 4.89. The summed E-state index contributed by atoms with van der Waals surface area (Å²) in [4.78, 5) is 4.66. The molecule has 0 atom stereocenters. The third-order valence-corrected chi connectivity index (χ3v) is 4.89. The Kier molecular flexibility index (Phi) is 5.09. The first kappa shape index (κ1) is 17.5. The average molecular weight is 337 g/mol. The van der Waals surface area contributed by atoms with Gasteiger partial charge in [0.2, 0.25) is 0 Å². The van der Waals surface area contributed by atoms with Gasteiger partial charge in [-0.1, -0.05) is 32.0 Å². The van der Waals surface area contributed by atoms with Crippen LogP contribution in [-0.4, -0.2) is 14.5 Å². The van der Waals surface area contributed by atoms with Crippen LogP contribution in [0.15, 0.2) is 30.5 Å². The Labute approximate surface area is 149 Å². The lowest BCUT2D eigenvalue weighted by molar-refractivity contribution is 0.275. The zero-order valence-corrected chi connectivity index (χ0v) is 15.6. The highest BCUT2D eigenvalue weighted by atomic mass is 16.3. The molecule has 25 heavy (non-hydrogen) atoms. The normalized spacial score (nSPS) is 11.2. The van der Waals surface area contributed by atoms with Gasteiger partial charge in [-0.15, -0.1) is 0 Å². The van der Waals surface area contributed by atoms with E-state index < -0.39 is 0 Å². The molecule has 0 radical (unpaired) electrons. The molecule has 0 spiro atoms. The minimum Gasteiger partial charge on any atom is -0.390 e. The topological polar surface area (TPSA) is 49.6 Å². The van der Waals surface area contributed by atoms with Crippen LogP contribution in [0, 0.1) is 13.8 Å². The third kappa shape index (κ3) is 3.27. The molecule has 0 saturated carbocycles. The molecule has 0 saturated heterocycles. The number of aryl methyl sites for hydroxylation is 4. The van der Waals surface area contributed by atoms with Gasteiger partial charge in [-0.2, -0.15) is 0 Å². The maximum atomic E-state index is 9.65. The summed E-state index contributed by atoms with van der Waals surface area (Å²) in [5.41, 5.74) is 8.93. The van der Waals surface area contributed by atoms with Crippen molar-refractivity contribution in [2.24, 2.45) is 0 Å². The van der Waals surface area contributed by atoms with E-state index >= 15 is 0 Å². The maximum absolute atomic E-state index is 9.65. The van der Waals surface area contributed by atoms with E-state index in [2.05, 4.69) is 55.3 Å². The van der Waals surface area contributed by atoms with E-state index in [0.717, 1.165) is 47.7 Å². The smallest absolute Gasteiger partial charge is 0.160 e. The van der Waals surface area contributed by atoms with Gasteiger partial charge in [0, 0.05) is 12.7 Å². The summed E-state index contributed by atoms with van der Waals surface area (Å²) in [6.45, 7) is 9.20. The van der Waals surface area contributed by atoms with Gasteiger partial charge >= 0.3 is 0 Å². The Bertz CT molecular complexity index is 874. The molecule has 0 amide bonds. The zero-order valence-electron chi connectivity index (χ0n) is 15.6. The molecule has 0 aliphatic rings. The number of fused-ring (bicyclic) bond motifs is 1. The molecule has 2 aromatic heterocycles. The molecule has 0 aliphatic carbocycles. The molecule has 132 valence electrons. The van der Waals surface area contributed by atoms with Gasteiger partial charge in [0.25, 0.3) is 0 Å². The molecule has 3 aromatic rings. The average Bonchev–Trinajstić information content (AvgIpc) is 2.94. The van der Waals surface area contributed by atoms with E-state index in [1.54, 1.807) is 0 Å². The maximum Gasteiger partial charge on any atom is 0.160 e. The molecule has 2 N–H and O–H groups in total. The number of aromatic nitrogens is 2. The number of hydrogen-bond donors (Lipinski definition) is 2. The van der Waals surface area contributed by atoms with Crippen LogP contribution in [0.2, 0.25) is 0 Å². The lowest BCUT2D eigenvalue weighted by Gasteiger charge is -2.15. The number of pyridine rings is 1. The predicted molar refractivity (Wildman–Crippen MR) is 103 cm³/mol. The molecular formula is C21H27N3O. The van der Waals surface area contributed by atoms with Crippen LogP contribution in [0.25, 0.3) is 5.65 Å². The number of imidazole rings is 1. The summed E-state index contributed by atoms with van der Waals surface area (Å²) in [6, 6.07) is 8.71. The number of nitrogens with one attached hydrogen (secondary N) is 1. The van der Waals surface area contributed by atoms with Crippen molar-refractivity contribution in [1.29, 1.82) is 0 Å². The summed E-state index contributed by atoms with van der Waals surface area (Å²) in [5.74, 6) is 0. The van der Waals surface area contributed by atoms with Gasteiger partial charge in [-0.05, 0) is 55.0 Å². The summed E-state index contributed by atoms with van der Waals surface area (Å²) in [6.07, 6.45) is 4.10. The highest BCUT2D eigenvalue weighted by Crippen LogP contribution is 2.24. The van der Waals surface area contributed by atoms with Crippen LogP contribution in [0.5, 0.6) is 0 Å². The molecule has 1 aromatic carbocycles. The van der Waals surface area contributed by atoms with E-state index in [-0.39, 0.29) is 6.61 Å². The van der Waals surface area contributed by atoms with E-state index in [0.29, 0.717) is 0 Å². The van der Waals surface area contributed by atoms with Gasteiger partial charge in [0.05, 0.1) is 23.7 Å². The van der Waals surface area contributed by atoms with Crippen molar-refractivity contribution < 1.29 is 5.11 Å². The fraction of sp³-hybridized carbons (Fsp3) is 0.381. The molecule has 0 bridgehead atoms. The molecule has 0 unspecified atom stereocenters. The van der Waals surface area contributed by atoms with Crippen LogP contribution >= 0.6 is 0 Å². The van der Waals surface area contributed by atoms with Crippen molar-refractivity contribution in [3.63, 3.8) is 0 Å². The Morgan fingerprint density at radius 1 is 1.12 bits per heavy atom. The highest BCUT2D eigenvalue weighted by molar-refractivity contribution is 5.70. The van der Waals surface area contributed by atoms with E-state index in [1.807, 2.05) is 17.5 Å². The number of anilines is 1. The van der Waals surface area contributed by atoms with Crippen molar-refractivity contribution >= 4 is 11.3 Å². The van der Waals surface area contributed by atoms with Crippen LogP contribution in [0.1, 0.15) is 47.5 Å². The van der Waals surface area contributed by atoms with Gasteiger partial charge in [0.15, 0.2) is 5.65 Å². The molecular weight excluding hydrogens is 310 g/mol. The van der Waals surface area contributed by atoms with Gasteiger partial charge < -0.3 is 10.4 Å². The summed E-state index contributed by atoms with van der Waals surface area (Å²) >= 11 is 0. The fourth-order valence-electron chi connectivity index (χ4n) is 3.52. The van der Waals surface area contributed by atoms with Crippen LogP contribution in [0.4, 0.5) is 5.69 Å². The number of nitrogens with zero attached hydrogens (tertiary/aromatic N) is 2. The second kappa shape index (κ2) is 7.28. The predicted octanol–water partition coefficient (Wildman–Crippen LogP) is 4.18. The Morgan fingerprint density at radius 2 is 1.80 bits per heavy atom. The molecule has 2 heterocycles. The number of benzene rings is 1. The monoisotopic (exact) mass is 337 g/mol. The molecule has 3 rings (SSSR count). The van der Waals surface area contributed by atoms with Crippen molar-refractivity contribution in [3.05, 3.63) is 64.1 Å². The first-order valence-electron chi connectivity index (χ1n) is 9.01. The summed E-state index contributed by atoms with van der Waals surface area (Å²) in [7, 11) is 0. The number of hydrogen-bond acceptors (Lipinski definition) is 3. The molecule has 4 nitrogen and oxygen atoms in total. The van der Waals surface area contributed by atoms with E-state index in [4.69, 9.17) is 0 Å². The summed E-state index contributed by atoms with van der Waals surface area (Å²) < 4.78 is 2.00. The quantitative estimate of drug-likeness (QED) is 0.709. The number of rotatable bonds is 6. The Hall–Kier alpha value is -2.33. The first-order valence-corrected chi connectivity index (χ1v) is 9.01. The highest BCUT2D eigenvalue weighted by Gasteiger charge is 2.13. The zero-order chi connectivity index (χ0) is 18.0.